The Kier molecular flexibility index (Phi) is 7.31. The van der Waals surface area contributed by atoms with Gasteiger partial charge in [0.25, 0.3) is 0 Å². The molecule has 0 aromatic heterocycles. The molecule has 1 heterocycles. The first-order chi connectivity index (χ1) is 12.4. The molecular weight excluding hydrogens is 364 g/mol. The van der Waals surface area contributed by atoms with Crippen molar-refractivity contribution in [3.05, 3.63) is 35.9 Å². The number of carbonyl (C=O) groups excluding carboxylic acids is 1. The molecule has 0 bridgehead atoms. The quantitative estimate of drug-likeness (QED) is 0.802. The Morgan fingerprint density at radius 1 is 1.19 bits per heavy atom. The van der Waals surface area contributed by atoms with E-state index in [4.69, 9.17) is 15.2 Å². The second-order valence-electron chi connectivity index (χ2n) is 8.13. The highest BCUT2D eigenvalue weighted by Crippen LogP contribution is 2.50. The number of likely N-dealkylation sites (tertiary alicyclic amines) is 1. The minimum absolute atomic E-state index is 0. The molecule has 2 N–H and O–H groups in total. The molecule has 2 unspecified atom stereocenters. The van der Waals surface area contributed by atoms with Crippen molar-refractivity contribution in [3.63, 3.8) is 0 Å². The van der Waals surface area contributed by atoms with Crippen molar-refractivity contribution in [3.8, 4) is 0 Å². The van der Waals surface area contributed by atoms with Gasteiger partial charge in [0, 0.05) is 31.5 Å². The van der Waals surface area contributed by atoms with Gasteiger partial charge in [0.1, 0.15) is 5.54 Å². The Morgan fingerprint density at radius 3 is 2.37 bits per heavy atom. The van der Waals surface area contributed by atoms with Gasteiger partial charge in [-0.2, -0.15) is 0 Å². The Morgan fingerprint density at radius 2 is 1.81 bits per heavy atom. The molecule has 2 atom stereocenters. The average molecular weight is 397 g/mol. The summed E-state index contributed by atoms with van der Waals surface area (Å²) in [5, 5.41) is 0. The molecular formula is C21H33ClN2O3. The molecule has 2 fully saturated rings. The fourth-order valence-electron chi connectivity index (χ4n) is 4.09. The zero-order valence-corrected chi connectivity index (χ0v) is 17.5. The lowest BCUT2D eigenvalue weighted by molar-refractivity contribution is -0.181. The number of amides is 1. The van der Waals surface area contributed by atoms with Crippen molar-refractivity contribution >= 4 is 18.3 Å². The van der Waals surface area contributed by atoms with E-state index in [2.05, 4.69) is 12.1 Å². The van der Waals surface area contributed by atoms with Gasteiger partial charge >= 0.3 is 0 Å². The molecule has 0 radical (unpaired) electrons. The van der Waals surface area contributed by atoms with Crippen LogP contribution in [0, 0.1) is 5.41 Å². The number of nitrogens with two attached hydrogens (primary N) is 1. The van der Waals surface area contributed by atoms with E-state index in [1.807, 2.05) is 43.9 Å². The summed E-state index contributed by atoms with van der Waals surface area (Å²) in [5.74, 6) is 0.0694. The van der Waals surface area contributed by atoms with Gasteiger partial charge in [-0.3, -0.25) is 4.79 Å². The van der Waals surface area contributed by atoms with Crippen molar-refractivity contribution in [2.45, 2.75) is 64.4 Å². The zero-order valence-electron chi connectivity index (χ0n) is 16.6. The molecule has 1 amide bonds. The number of halogens is 1. The summed E-state index contributed by atoms with van der Waals surface area (Å²) in [7, 11) is 0. The van der Waals surface area contributed by atoms with Crippen molar-refractivity contribution in [2.75, 3.05) is 19.7 Å². The SMILES string of the molecule is CCOC1CC(N)(C(=O)N2CCC(OCc3ccccc3)CC2)C1(C)C.Cl. The average Bonchev–Trinajstić information content (AvgIpc) is 2.66. The first-order valence-corrected chi connectivity index (χ1v) is 9.74. The molecule has 2 aliphatic rings. The Balaban J connectivity index is 0.00000261. The van der Waals surface area contributed by atoms with Crippen LogP contribution in [-0.2, 0) is 20.9 Å². The maximum atomic E-state index is 13.1. The van der Waals surface area contributed by atoms with Crippen molar-refractivity contribution in [2.24, 2.45) is 11.1 Å². The topological polar surface area (TPSA) is 64.8 Å². The van der Waals surface area contributed by atoms with Gasteiger partial charge in [0.05, 0.1) is 18.8 Å². The second-order valence-corrected chi connectivity index (χ2v) is 8.13. The fraction of sp³-hybridized carbons (Fsp3) is 0.667. The molecule has 6 heteroatoms. The van der Waals surface area contributed by atoms with E-state index in [0.717, 1.165) is 12.8 Å². The molecule has 1 saturated carbocycles. The normalized spacial score (nSPS) is 27.6. The Labute approximate surface area is 169 Å². The number of piperidine rings is 1. The summed E-state index contributed by atoms with van der Waals surface area (Å²) < 4.78 is 11.8. The maximum absolute atomic E-state index is 13.1. The van der Waals surface area contributed by atoms with Crippen LogP contribution in [0.15, 0.2) is 30.3 Å². The third-order valence-corrected chi connectivity index (χ3v) is 6.27. The first-order valence-electron chi connectivity index (χ1n) is 9.74. The lowest BCUT2D eigenvalue weighted by Crippen LogP contribution is -2.76. The summed E-state index contributed by atoms with van der Waals surface area (Å²) in [4.78, 5) is 15.0. The fourth-order valence-corrected chi connectivity index (χ4v) is 4.09. The van der Waals surface area contributed by atoms with Gasteiger partial charge in [-0.15, -0.1) is 12.4 Å². The number of rotatable bonds is 6. The van der Waals surface area contributed by atoms with E-state index in [1.165, 1.54) is 5.56 Å². The highest BCUT2D eigenvalue weighted by atomic mass is 35.5. The van der Waals surface area contributed by atoms with Crippen LogP contribution in [0.5, 0.6) is 0 Å². The minimum Gasteiger partial charge on any atom is -0.378 e. The standard InChI is InChI=1S/C21H32N2O3.ClH/c1-4-25-18-14-21(22,20(18,2)3)19(24)23-12-10-17(11-13-23)26-15-16-8-6-5-7-9-16;/h5-9,17-18H,4,10-15,22H2,1-3H3;1H. The highest BCUT2D eigenvalue weighted by molar-refractivity contribution is 5.89. The largest absolute Gasteiger partial charge is 0.378 e. The van der Waals surface area contributed by atoms with E-state index in [-0.39, 0.29) is 35.9 Å². The van der Waals surface area contributed by atoms with Crippen molar-refractivity contribution in [1.29, 1.82) is 0 Å². The molecule has 152 valence electrons. The maximum Gasteiger partial charge on any atom is 0.243 e. The third kappa shape index (κ3) is 4.32. The van der Waals surface area contributed by atoms with E-state index in [0.29, 0.717) is 32.7 Å². The number of carbonyl (C=O) groups is 1. The third-order valence-electron chi connectivity index (χ3n) is 6.27. The molecule has 5 nitrogen and oxygen atoms in total. The van der Waals surface area contributed by atoms with Crippen molar-refractivity contribution < 1.29 is 14.3 Å². The molecule has 1 aliphatic heterocycles. The lowest BCUT2D eigenvalue weighted by Gasteiger charge is -2.59. The van der Waals surface area contributed by atoms with Gasteiger partial charge in [0.2, 0.25) is 5.91 Å². The molecule has 3 rings (SSSR count). The Hall–Kier alpha value is -1.14. The summed E-state index contributed by atoms with van der Waals surface area (Å²) in [5.41, 5.74) is 6.58. The van der Waals surface area contributed by atoms with Gasteiger partial charge in [-0.05, 0) is 25.3 Å². The summed E-state index contributed by atoms with van der Waals surface area (Å²) in [6, 6.07) is 10.2. The van der Waals surface area contributed by atoms with Crippen LogP contribution in [-0.4, -0.2) is 48.3 Å². The van der Waals surface area contributed by atoms with Crippen LogP contribution in [0.3, 0.4) is 0 Å². The molecule has 1 aliphatic carbocycles. The predicted octanol–water partition coefficient (Wildman–Crippen LogP) is 3.15. The monoisotopic (exact) mass is 396 g/mol. The van der Waals surface area contributed by atoms with E-state index in [1.54, 1.807) is 0 Å². The van der Waals surface area contributed by atoms with Crippen LogP contribution in [0.4, 0.5) is 0 Å². The zero-order chi connectivity index (χ0) is 18.8. The molecule has 27 heavy (non-hydrogen) atoms. The highest BCUT2D eigenvalue weighted by Gasteiger charge is 2.63. The number of nitrogens with zero attached hydrogens (tertiary/aromatic N) is 1. The van der Waals surface area contributed by atoms with Gasteiger partial charge in [-0.25, -0.2) is 0 Å². The van der Waals surface area contributed by atoms with Crippen LogP contribution in [0.1, 0.15) is 45.6 Å². The van der Waals surface area contributed by atoms with Crippen LogP contribution >= 0.6 is 12.4 Å². The first kappa shape index (κ1) is 22.2. The summed E-state index contributed by atoms with van der Waals surface area (Å²) in [6.07, 6.45) is 2.61. The number of hydrogen-bond donors (Lipinski definition) is 1. The van der Waals surface area contributed by atoms with Gasteiger partial charge in [-0.1, -0.05) is 44.2 Å². The second kappa shape index (κ2) is 8.91. The number of benzene rings is 1. The van der Waals surface area contributed by atoms with E-state index >= 15 is 0 Å². The molecule has 1 aromatic carbocycles. The van der Waals surface area contributed by atoms with Crippen molar-refractivity contribution in [1.82, 2.24) is 4.90 Å². The lowest BCUT2D eigenvalue weighted by atomic mass is 9.54. The predicted molar refractivity (Wildman–Crippen MR) is 109 cm³/mol. The molecule has 1 saturated heterocycles. The summed E-state index contributed by atoms with van der Waals surface area (Å²) >= 11 is 0. The van der Waals surface area contributed by atoms with Gasteiger partial charge in [0.15, 0.2) is 0 Å². The summed E-state index contributed by atoms with van der Waals surface area (Å²) in [6.45, 7) is 8.79. The van der Waals surface area contributed by atoms with E-state index in [9.17, 15) is 4.79 Å². The van der Waals surface area contributed by atoms with Crippen LogP contribution in [0.2, 0.25) is 0 Å². The number of hydrogen-bond acceptors (Lipinski definition) is 4. The minimum atomic E-state index is -0.815. The van der Waals surface area contributed by atoms with Crippen LogP contribution in [0.25, 0.3) is 0 Å². The number of ether oxygens (including phenoxy) is 2. The van der Waals surface area contributed by atoms with Crippen LogP contribution < -0.4 is 5.73 Å². The van der Waals surface area contributed by atoms with Gasteiger partial charge < -0.3 is 20.1 Å². The molecule has 0 spiro atoms. The van der Waals surface area contributed by atoms with E-state index < -0.39 is 5.54 Å². The Bertz CT molecular complexity index is 617. The smallest absolute Gasteiger partial charge is 0.243 e. The molecule has 1 aromatic rings.